The van der Waals surface area contributed by atoms with E-state index in [0.29, 0.717) is 5.57 Å². The molecule has 1 saturated carbocycles. The van der Waals surface area contributed by atoms with Crippen LogP contribution in [-0.2, 0) is 11.8 Å². The molecule has 2 aromatic carbocycles. The van der Waals surface area contributed by atoms with Gasteiger partial charge >= 0.3 is 0 Å². The average molecular weight is 436 g/mol. The normalized spacial score (nSPS) is 23.5. The summed E-state index contributed by atoms with van der Waals surface area (Å²) in [6.07, 6.45) is 3.00. The van der Waals surface area contributed by atoms with Crippen LogP contribution in [0.3, 0.4) is 0 Å². The lowest BCUT2D eigenvalue weighted by Gasteiger charge is -2.32. The summed E-state index contributed by atoms with van der Waals surface area (Å²) >= 11 is 3.30. The van der Waals surface area contributed by atoms with Gasteiger partial charge in [0, 0.05) is 29.7 Å². The number of aliphatic hydroxyl groups excluding tert-OH is 1. The fourth-order valence-electron chi connectivity index (χ4n) is 4.02. The summed E-state index contributed by atoms with van der Waals surface area (Å²) in [6.45, 7) is 4.15. The quantitative estimate of drug-likeness (QED) is 0.480. The number of aryl methyl sites for hydroxylation is 3. The predicted molar refractivity (Wildman–Crippen MR) is 124 cm³/mol. The highest BCUT2D eigenvalue weighted by molar-refractivity contribution is 8.03. The molecule has 1 aromatic heterocycles. The fraction of sp³-hybridized carbons (Fsp3) is 0.250. The first-order valence-corrected chi connectivity index (χ1v) is 11.5. The van der Waals surface area contributed by atoms with Gasteiger partial charge in [-0.25, -0.2) is 0 Å². The van der Waals surface area contributed by atoms with Crippen molar-refractivity contribution in [1.29, 1.82) is 0 Å². The Kier molecular flexibility index (Phi) is 4.61. The molecule has 6 heteroatoms. The number of thiazole rings is 1. The topological polar surface area (TPSA) is 44.4 Å². The first kappa shape index (κ1) is 19.5. The fourth-order valence-corrected chi connectivity index (χ4v) is 6.45. The molecule has 1 aliphatic carbocycles. The standard InChI is InChI=1S/C24H23N2O2S2/c1-13-5-7-17-19(9-13)29-21(25(17)3)11-15-23(27)16(24(15)28)12-22-26(4)18-8-6-14(2)10-20(18)30-22/h5-12,15,23,27H,1-4H3/q+1. The number of thioether (sulfide) groups is 1. The van der Waals surface area contributed by atoms with Gasteiger partial charge in [0.05, 0.1) is 22.7 Å². The van der Waals surface area contributed by atoms with Crippen LogP contribution in [0.4, 0.5) is 5.69 Å². The summed E-state index contributed by atoms with van der Waals surface area (Å²) < 4.78 is 3.26. The Labute approximate surface area is 184 Å². The molecule has 30 heavy (non-hydrogen) atoms. The van der Waals surface area contributed by atoms with Crippen LogP contribution in [0.25, 0.3) is 16.3 Å². The van der Waals surface area contributed by atoms with Crippen LogP contribution in [0.2, 0.25) is 0 Å². The molecule has 2 atom stereocenters. The van der Waals surface area contributed by atoms with Crippen molar-refractivity contribution in [3.63, 3.8) is 0 Å². The van der Waals surface area contributed by atoms with E-state index in [2.05, 4.69) is 59.7 Å². The number of aliphatic hydroxyl groups is 1. The molecule has 0 bridgehead atoms. The summed E-state index contributed by atoms with van der Waals surface area (Å²) in [5.41, 5.74) is 5.20. The number of hydrogen-bond donors (Lipinski definition) is 1. The van der Waals surface area contributed by atoms with E-state index >= 15 is 0 Å². The van der Waals surface area contributed by atoms with Gasteiger partial charge in [0.1, 0.15) is 11.7 Å². The minimum atomic E-state index is -0.767. The van der Waals surface area contributed by atoms with Gasteiger partial charge in [-0.3, -0.25) is 4.79 Å². The van der Waals surface area contributed by atoms with Gasteiger partial charge in [0.25, 0.3) is 5.01 Å². The van der Waals surface area contributed by atoms with E-state index in [4.69, 9.17) is 0 Å². The number of aromatic nitrogens is 1. The van der Waals surface area contributed by atoms with Crippen LogP contribution in [-0.4, -0.2) is 24.0 Å². The van der Waals surface area contributed by atoms with Crippen molar-refractivity contribution in [1.82, 2.24) is 0 Å². The van der Waals surface area contributed by atoms with Crippen LogP contribution >= 0.6 is 23.1 Å². The number of benzene rings is 2. The van der Waals surface area contributed by atoms with E-state index in [-0.39, 0.29) is 5.78 Å². The number of nitrogens with zero attached hydrogens (tertiary/aromatic N) is 2. The zero-order chi connectivity index (χ0) is 21.2. The highest BCUT2D eigenvalue weighted by Gasteiger charge is 2.44. The number of rotatable bonds is 2. The van der Waals surface area contributed by atoms with Gasteiger partial charge in [0.2, 0.25) is 5.52 Å². The minimum absolute atomic E-state index is 0.00442. The molecule has 5 rings (SSSR count). The largest absolute Gasteiger partial charge is 0.387 e. The second kappa shape index (κ2) is 7.08. The molecule has 2 heterocycles. The summed E-state index contributed by atoms with van der Waals surface area (Å²) in [5.74, 6) is -0.483. The number of carbonyl (C=O) groups is 1. The highest BCUT2D eigenvalue weighted by atomic mass is 32.2. The maximum Gasteiger partial charge on any atom is 0.263 e. The highest BCUT2D eigenvalue weighted by Crippen LogP contribution is 2.47. The number of ketones is 1. The molecule has 0 amide bonds. The number of anilines is 1. The summed E-state index contributed by atoms with van der Waals surface area (Å²) in [7, 11) is 4.00. The Morgan fingerprint density at radius 2 is 1.87 bits per heavy atom. The maximum absolute atomic E-state index is 12.9. The van der Waals surface area contributed by atoms with Crippen molar-refractivity contribution in [3.05, 3.63) is 69.2 Å². The van der Waals surface area contributed by atoms with Crippen molar-refractivity contribution in [3.8, 4) is 0 Å². The van der Waals surface area contributed by atoms with Crippen LogP contribution < -0.4 is 9.47 Å². The van der Waals surface area contributed by atoms with Crippen LogP contribution in [0.1, 0.15) is 16.1 Å². The lowest BCUT2D eigenvalue weighted by molar-refractivity contribution is -0.642. The van der Waals surface area contributed by atoms with Crippen molar-refractivity contribution < 1.29 is 14.5 Å². The first-order chi connectivity index (χ1) is 14.3. The molecule has 0 radical (unpaired) electrons. The predicted octanol–water partition coefficient (Wildman–Crippen LogP) is 4.37. The van der Waals surface area contributed by atoms with Crippen LogP contribution in [0, 0.1) is 19.8 Å². The molecule has 152 valence electrons. The number of fused-ring (bicyclic) bond motifs is 2. The third-order valence-electron chi connectivity index (χ3n) is 5.89. The monoisotopic (exact) mass is 435 g/mol. The number of carbonyl (C=O) groups excluding carboxylic acids is 1. The number of Topliss-reactive ketones (excluding diaryl/α,β-unsaturated/α-hetero) is 1. The smallest absolute Gasteiger partial charge is 0.263 e. The van der Waals surface area contributed by atoms with Crippen molar-refractivity contribution in [2.24, 2.45) is 13.0 Å². The molecule has 1 aliphatic heterocycles. The Bertz CT molecular complexity index is 1270. The molecular formula is C24H23N2O2S2+. The molecule has 0 saturated heterocycles. The SMILES string of the molecule is Cc1ccc2c(c1)SC(=CC1C(=O)C(=Cc3sc4cc(C)ccc4[n+]3C)C1O)N2C. The molecule has 2 unspecified atom stereocenters. The van der Waals surface area contributed by atoms with Gasteiger partial charge in [-0.2, -0.15) is 4.57 Å². The van der Waals surface area contributed by atoms with E-state index in [1.807, 2.05) is 26.2 Å². The molecule has 3 aromatic rings. The summed E-state index contributed by atoms with van der Waals surface area (Å²) in [5, 5.41) is 12.7. The van der Waals surface area contributed by atoms with Gasteiger partial charge < -0.3 is 10.0 Å². The molecule has 4 nitrogen and oxygen atoms in total. The maximum atomic E-state index is 12.9. The zero-order valence-electron chi connectivity index (χ0n) is 17.3. The third kappa shape index (κ3) is 3.02. The van der Waals surface area contributed by atoms with Gasteiger partial charge in [-0.15, -0.1) is 0 Å². The van der Waals surface area contributed by atoms with Crippen molar-refractivity contribution in [2.45, 2.75) is 24.8 Å². The molecule has 1 fully saturated rings. The number of hydrogen-bond acceptors (Lipinski definition) is 5. The molecule has 2 aliphatic rings. The minimum Gasteiger partial charge on any atom is -0.387 e. The Morgan fingerprint density at radius 3 is 2.63 bits per heavy atom. The molecule has 0 spiro atoms. The molecule has 1 N–H and O–H groups in total. The van der Waals surface area contributed by atoms with Crippen molar-refractivity contribution in [2.75, 3.05) is 11.9 Å². The summed E-state index contributed by atoms with van der Waals surface area (Å²) in [6, 6.07) is 12.7. The summed E-state index contributed by atoms with van der Waals surface area (Å²) in [4.78, 5) is 16.2. The van der Waals surface area contributed by atoms with Gasteiger partial charge in [-0.1, -0.05) is 35.2 Å². The van der Waals surface area contributed by atoms with E-state index in [1.165, 1.54) is 20.7 Å². The van der Waals surface area contributed by atoms with Crippen molar-refractivity contribution >= 4 is 50.9 Å². The lowest BCUT2D eigenvalue weighted by Crippen LogP contribution is -2.44. The van der Waals surface area contributed by atoms with Gasteiger partial charge in [-0.05, 0) is 49.2 Å². The van der Waals surface area contributed by atoms with E-state index < -0.39 is 12.0 Å². The lowest BCUT2D eigenvalue weighted by atomic mass is 9.75. The van der Waals surface area contributed by atoms with E-state index in [9.17, 15) is 9.90 Å². The third-order valence-corrected chi connectivity index (χ3v) is 8.20. The first-order valence-electron chi connectivity index (χ1n) is 9.90. The van der Waals surface area contributed by atoms with Crippen LogP contribution in [0.5, 0.6) is 0 Å². The Morgan fingerprint density at radius 1 is 1.13 bits per heavy atom. The molecular weight excluding hydrogens is 412 g/mol. The zero-order valence-corrected chi connectivity index (χ0v) is 19.0. The average Bonchev–Trinajstić information content (AvgIpc) is 3.19. The second-order valence-electron chi connectivity index (χ2n) is 8.04. The van der Waals surface area contributed by atoms with Crippen LogP contribution in [0.15, 0.2) is 58.0 Å². The van der Waals surface area contributed by atoms with E-state index in [0.717, 1.165) is 21.2 Å². The Hall–Kier alpha value is -2.41. The Balaban J connectivity index is 1.41. The van der Waals surface area contributed by atoms with E-state index in [1.54, 1.807) is 23.1 Å². The van der Waals surface area contributed by atoms with Gasteiger partial charge in [0.15, 0.2) is 5.78 Å². The second-order valence-corrected chi connectivity index (χ2v) is 10.2.